The average molecular weight is 400 g/mol. The molecule has 0 radical (unpaired) electrons. The van der Waals surface area contributed by atoms with E-state index in [-0.39, 0.29) is 36.3 Å². The first-order valence-electron chi connectivity index (χ1n) is 8.81. The van der Waals surface area contributed by atoms with Crippen molar-refractivity contribution in [1.29, 1.82) is 0 Å². The van der Waals surface area contributed by atoms with Crippen molar-refractivity contribution in [3.8, 4) is 11.3 Å². The van der Waals surface area contributed by atoms with Gasteiger partial charge in [0.25, 0.3) is 5.56 Å². The van der Waals surface area contributed by atoms with Crippen molar-refractivity contribution in [1.82, 2.24) is 15.1 Å². The summed E-state index contributed by atoms with van der Waals surface area (Å²) in [6.45, 7) is 1.97. The van der Waals surface area contributed by atoms with Crippen molar-refractivity contribution < 1.29 is 9.18 Å². The number of aryl methyl sites for hydroxylation is 1. The van der Waals surface area contributed by atoms with Crippen molar-refractivity contribution in [2.24, 2.45) is 0 Å². The molecule has 0 spiro atoms. The van der Waals surface area contributed by atoms with Crippen molar-refractivity contribution in [3.63, 3.8) is 0 Å². The molecule has 5 nitrogen and oxygen atoms in total. The standard InChI is InChI=1S/C21H19ClFN3O2/c1-14(15-4-8-18(23)9-5-15)24-20(27)12-13-26-21(28)11-10-19(25-26)16-2-6-17(22)7-3-16/h2-11,14H,12-13H2,1H3,(H,24,27)/t14-/m0/s1. The van der Waals surface area contributed by atoms with Gasteiger partial charge in [-0.2, -0.15) is 5.10 Å². The van der Waals surface area contributed by atoms with Gasteiger partial charge in [0, 0.05) is 23.1 Å². The summed E-state index contributed by atoms with van der Waals surface area (Å²) >= 11 is 5.90. The fourth-order valence-electron chi connectivity index (χ4n) is 2.74. The number of nitrogens with one attached hydrogen (secondary N) is 1. The number of nitrogens with zero attached hydrogens (tertiary/aromatic N) is 2. The molecule has 0 fully saturated rings. The van der Waals surface area contributed by atoms with E-state index < -0.39 is 0 Å². The maximum absolute atomic E-state index is 13.0. The second kappa shape index (κ2) is 8.80. The summed E-state index contributed by atoms with van der Waals surface area (Å²) in [7, 11) is 0. The molecule has 0 aliphatic rings. The number of carbonyl (C=O) groups excluding carboxylic acids is 1. The lowest BCUT2D eigenvalue weighted by Gasteiger charge is -2.14. The number of carbonyl (C=O) groups is 1. The molecular weight excluding hydrogens is 381 g/mol. The highest BCUT2D eigenvalue weighted by atomic mass is 35.5. The van der Waals surface area contributed by atoms with Crippen molar-refractivity contribution in [2.75, 3.05) is 0 Å². The van der Waals surface area contributed by atoms with Gasteiger partial charge >= 0.3 is 0 Å². The molecule has 2 aromatic carbocycles. The van der Waals surface area contributed by atoms with Crippen LogP contribution in [0.4, 0.5) is 4.39 Å². The zero-order valence-electron chi connectivity index (χ0n) is 15.2. The van der Waals surface area contributed by atoms with Crippen molar-refractivity contribution in [3.05, 3.63) is 87.4 Å². The second-order valence-corrected chi connectivity index (χ2v) is 6.81. The molecule has 3 rings (SSSR count). The van der Waals surface area contributed by atoms with Crippen LogP contribution in [0.3, 0.4) is 0 Å². The normalized spacial score (nSPS) is 11.8. The molecule has 0 saturated heterocycles. The quantitative estimate of drug-likeness (QED) is 0.682. The van der Waals surface area contributed by atoms with Crippen LogP contribution in [0.1, 0.15) is 24.9 Å². The predicted octanol–water partition coefficient (Wildman–Crippen LogP) is 3.97. The minimum atomic E-state index is -0.326. The molecular formula is C21H19ClFN3O2. The van der Waals surface area contributed by atoms with Gasteiger partial charge < -0.3 is 5.32 Å². The molecule has 28 heavy (non-hydrogen) atoms. The first kappa shape index (κ1) is 19.8. The molecule has 3 aromatic rings. The zero-order valence-corrected chi connectivity index (χ0v) is 16.0. The fraction of sp³-hybridized carbons (Fsp3) is 0.190. The first-order chi connectivity index (χ1) is 13.4. The van der Waals surface area contributed by atoms with Gasteiger partial charge in [0.2, 0.25) is 5.91 Å². The summed E-state index contributed by atoms with van der Waals surface area (Å²) in [6.07, 6.45) is 0.0997. The van der Waals surface area contributed by atoms with Gasteiger partial charge in [-0.3, -0.25) is 9.59 Å². The van der Waals surface area contributed by atoms with Gasteiger partial charge in [0.1, 0.15) is 5.82 Å². The number of benzene rings is 2. The molecule has 1 amide bonds. The van der Waals surface area contributed by atoms with Gasteiger partial charge in [-0.15, -0.1) is 0 Å². The fourth-order valence-corrected chi connectivity index (χ4v) is 2.87. The molecule has 0 aliphatic carbocycles. The highest BCUT2D eigenvalue weighted by molar-refractivity contribution is 6.30. The van der Waals surface area contributed by atoms with E-state index in [1.807, 2.05) is 19.1 Å². The van der Waals surface area contributed by atoms with Gasteiger partial charge in [0.15, 0.2) is 0 Å². The van der Waals surface area contributed by atoms with Crippen LogP contribution < -0.4 is 10.9 Å². The van der Waals surface area contributed by atoms with Crippen molar-refractivity contribution >= 4 is 17.5 Å². The van der Waals surface area contributed by atoms with E-state index in [0.717, 1.165) is 11.1 Å². The molecule has 144 valence electrons. The van der Waals surface area contributed by atoms with E-state index in [2.05, 4.69) is 10.4 Å². The van der Waals surface area contributed by atoms with E-state index in [1.54, 1.807) is 30.3 Å². The molecule has 0 unspecified atom stereocenters. The minimum Gasteiger partial charge on any atom is -0.350 e. The molecule has 1 heterocycles. The topological polar surface area (TPSA) is 64.0 Å². The van der Waals surface area contributed by atoms with E-state index >= 15 is 0 Å². The Morgan fingerprint density at radius 3 is 2.46 bits per heavy atom. The number of hydrogen-bond acceptors (Lipinski definition) is 3. The number of rotatable bonds is 6. The maximum Gasteiger partial charge on any atom is 0.266 e. The van der Waals surface area contributed by atoms with Gasteiger partial charge in [-0.05, 0) is 42.8 Å². The summed E-state index contributed by atoms with van der Waals surface area (Å²) in [6, 6.07) is 15.9. The number of aromatic nitrogens is 2. The third-order valence-electron chi connectivity index (χ3n) is 4.30. The molecule has 0 saturated carbocycles. The summed E-state index contributed by atoms with van der Waals surface area (Å²) < 4.78 is 14.3. The van der Waals surface area contributed by atoms with Crippen LogP contribution in [-0.2, 0) is 11.3 Å². The molecule has 0 bridgehead atoms. The second-order valence-electron chi connectivity index (χ2n) is 6.38. The third kappa shape index (κ3) is 5.04. The number of hydrogen-bond donors (Lipinski definition) is 1. The third-order valence-corrected chi connectivity index (χ3v) is 4.56. The maximum atomic E-state index is 13.0. The lowest BCUT2D eigenvalue weighted by molar-refractivity contribution is -0.122. The Kier molecular flexibility index (Phi) is 6.21. The van der Waals surface area contributed by atoms with Crippen molar-refractivity contribution in [2.45, 2.75) is 25.9 Å². The molecule has 0 aliphatic heterocycles. The SMILES string of the molecule is C[C@H](NC(=O)CCn1nc(-c2ccc(Cl)cc2)ccc1=O)c1ccc(F)cc1. The summed E-state index contributed by atoms with van der Waals surface area (Å²) in [4.78, 5) is 24.3. The Labute approximate surface area is 166 Å². The monoisotopic (exact) mass is 399 g/mol. The predicted molar refractivity (Wildman–Crippen MR) is 107 cm³/mol. The number of amides is 1. The lowest BCUT2D eigenvalue weighted by atomic mass is 10.1. The van der Waals surface area contributed by atoms with Crippen LogP contribution in [0, 0.1) is 5.82 Å². The van der Waals surface area contributed by atoms with Gasteiger partial charge in [-0.25, -0.2) is 9.07 Å². The van der Waals surface area contributed by atoms with E-state index in [9.17, 15) is 14.0 Å². The Bertz CT molecular complexity index is 1020. The molecule has 1 atom stereocenters. The number of halogens is 2. The average Bonchev–Trinajstić information content (AvgIpc) is 2.68. The van der Waals surface area contributed by atoms with Crippen LogP contribution in [-0.4, -0.2) is 15.7 Å². The van der Waals surface area contributed by atoms with Gasteiger partial charge in [0.05, 0.1) is 18.3 Å². The Morgan fingerprint density at radius 1 is 1.11 bits per heavy atom. The Hall–Kier alpha value is -2.99. The summed E-state index contributed by atoms with van der Waals surface area (Å²) in [5.41, 5.74) is 1.97. The summed E-state index contributed by atoms with van der Waals surface area (Å²) in [5.74, 6) is -0.546. The highest BCUT2D eigenvalue weighted by Crippen LogP contribution is 2.18. The Balaban J connectivity index is 1.64. The van der Waals surface area contributed by atoms with Crippen LogP contribution in [0.25, 0.3) is 11.3 Å². The van der Waals surface area contributed by atoms with Crippen LogP contribution in [0.15, 0.2) is 65.5 Å². The lowest BCUT2D eigenvalue weighted by Crippen LogP contribution is -2.30. The van der Waals surface area contributed by atoms with Gasteiger partial charge in [-0.1, -0.05) is 35.9 Å². The molecule has 7 heteroatoms. The smallest absolute Gasteiger partial charge is 0.266 e. The Morgan fingerprint density at radius 2 is 1.79 bits per heavy atom. The molecule has 1 N–H and O–H groups in total. The largest absolute Gasteiger partial charge is 0.350 e. The minimum absolute atomic E-state index is 0.0997. The van der Waals surface area contributed by atoms with E-state index in [0.29, 0.717) is 10.7 Å². The van der Waals surface area contributed by atoms with E-state index in [1.165, 1.54) is 22.9 Å². The first-order valence-corrected chi connectivity index (χ1v) is 9.19. The van der Waals surface area contributed by atoms with E-state index in [4.69, 9.17) is 11.6 Å². The van der Waals surface area contributed by atoms with Crippen LogP contribution >= 0.6 is 11.6 Å². The zero-order chi connectivity index (χ0) is 20.1. The molecule has 1 aromatic heterocycles. The highest BCUT2D eigenvalue weighted by Gasteiger charge is 2.11. The summed E-state index contributed by atoms with van der Waals surface area (Å²) in [5, 5.41) is 7.78. The van der Waals surface area contributed by atoms with Crippen LogP contribution in [0.5, 0.6) is 0 Å². The van der Waals surface area contributed by atoms with Crippen LogP contribution in [0.2, 0.25) is 5.02 Å².